The van der Waals surface area contributed by atoms with E-state index in [2.05, 4.69) is 4.98 Å². The van der Waals surface area contributed by atoms with Gasteiger partial charge < -0.3 is 15.2 Å². The van der Waals surface area contributed by atoms with Gasteiger partial charge in [0.1, 0.15) is 6.61 Å². The third-order valence-corrected chi connectivity index (χ3v) is 1.86. The number of hydrogen-bond acceptors (Lipinski definition) is 6. The van der Waals surface area contributed by atoms with Crippen LogP contribution in [0, 0.1) is 10.1 Å². The molecule has 1 aromatic rings. The van der Waals surface area contributed by atoms with Gasteiger partial charge in [-0.15, -0.1) is 0 Å². The van der Waals surface area contributed by atoms with Gasteiger partial charge in [-0.05, 0) is 13.8 Å². The number of pyridine rings is 1. The molecule has 17 heavy (non-hydrogen) atoms. The first-order valence-electron chi connectivity index (χ1n) is 5.16. The average molecular weight is 241 g/mol. The van der Waals surface area contributed by atoms with Crippen molar-refractivity contribution >= 4 is 11.5 Å². The number of nitrogens with two attached hydrogens (primary N) is 1. The number of nitrogens with zero attached hydrogens (tertiary/aromatic N) is 2. The third-order valence-electron chi connectivity index (χ3n) is 1.86. The van der Waals surface area contributed by atoms with Gasteiger partial charge in [0.2, 0.25) is 11.7 Å². The molecule has 0 amide bonds. The molecule has 7 nitrogen and oxygen atoms in total. The van der Waals surface area contributed by atoms with Crippen LogP contribution in [-0.4, -0.2) is 29.2 Å². The lowest BCUT2D eigenvalue weighted by molar-refractivity contribution is -0.384. The van der Waals surface area contributed by atoms with Gasteiger partial charge in [-0.1, -0.05) is 0 Å². The van der Waals surface area contributed by atoms with Gasteiger partial charge in [-0.3, -0.25) is 10.1 Å². The zero-order chi connectivity index (χ0) is 12.8. The Labute approximate surface area is 98.7 Å². The Morgan fingerprint density at radius 2 is 2.18 bits per heavy atom. The van der Waals surface area contributed by atoms with Gasteiger partial charge in [0.15, 0.2) is 0 Å². The quantitative estimate of drug-likeness (QED) is 0.458. The number of nitrogen functional groups attached to an aromatic ring is 1. The highest BCUT2D eigenvalue weighted by Gasteiger charge is 2.13. The fourth-order valence-electron chi connectivity index (χ4n) is 1.11. The van der Waals surface area contributed by atoms with Crippen molar-refractivity contribution in [2.45, 2.75) is 20.0 Å². The molecule has 0 aliphatic heterocycles. The lowest BCUT2D eigenvalue weighted by Crippen LogP contribution is -2.12. The van der Waals surface area contributed by atoms with Crippen LogP contribution in [0.2, 0.25) is 0 Å². The Bertz CT molecular complexity index is 395. The molecule has 0 aromatic carbocycles. The molecule has 0 aliphatic carbocycles. The summed E-state index contributed by atoms with van der Waals surface area (Å²) in [5, 5.41) is 10.5. The van der Waals surface area contributed by atoms with Crippen molar-refractivity contribution in [2.75, 3.05) is 18.9 Å². The third kappa shape index (κ3) is 4.23. The number of aromatic nitrogens is 1. The van der Waals surface area contributed by atoms with E-state index in [1.807, 2.05) is 13.8 Å². The van der Waals surface area contributed by atoms with Gasteiger partial charge in [0.25, 0.3) is 0 Å². The maximum atomic E-state index is 10.5. The van der Waals surface area contributed by atoms with E-state index >= 15 is 0 Å². The summed E-state index contributed by atoms with van der Waals surface area (Å²) < 4.78 is 10.5. The monoisotopic (exact) mass is 241 g/mol. The molecule has 0 saturated heterocycles. The Kier molecular flexibility index (Phi) is 4.65. The van der Waals surface area contributed by atoms with Crippen molar-refractivity contribution in [1.29, 1.82) is 0 Å². The molecule has 0 atom stereocenters. The molecule has 0 saturated carbocycles. The Morgan fingerprint density at radius 3 is 2.71 bits per heavy atom. The predicted molar refractivity (Wildman–Crippen MR) is 61.9 cm³/mol. The van der Waals surface area contributed by atoms with Crippen molar-refractivity contribution in [3.63, 3.8) is 0 Å². The largest absolute Gasteiger partial charge is 0.475 e. The van der Waals surface area contributed by atoms with Gasteiger partial charge in [-0.2, -0.15) is 4.98 Å². The standard InChI is InChI=1S/C10H15N3O4/c1-7(2)16-5-6-17-9-4-3-8(13(14)15)10(11)12-9/h3-4,7H,5-6H2,1-2H3,(H2,11,12). The van der Waals surface area contributed by atoms with E-state index in [-0.39, 0.29) is 23.5 Å². The molecule has 1 heterocycles. The van der Waals surface area contributed by atoms with Crippen molar-refractivity contribution < 1.29 is 14.4 Å². The number of nitro groups is 1. The average Bonchev–Trinajstić information content (AvgIpc) is 2.23. The van der Waals surface area contributed by atoms with E-state index in [1.54, 1.807) is 0 Å². The van der Waals surface area contributed by atoms with Gasteiger partial charge in [-0.25, -0.2) is 0 Å². The van der Waals surface area contributed by atoms with E-state index in [9.17, 15) is 10.1 Å². The molecule has 1 aromatic heterocycles. The molecule has 0 fully saturated rings. The normalized spacial score (nSPS) is 10.5. The fraction of sp³-hybridized carbons (Fsp3) is 0.500. The molecular weight excluding hydrogens is 226 g/mol. The molecule has 0 radical (unpaired) electrons. The summed E-state index contributed by atoms with van der Waals surface area (Å²) in [4.78, 5) is 13.7. The number of anilines is 1. The summed E-state index contributed by atoms with van der Waals surface area (Å²) in [7, 11) is 0. The van der Waals surface area contributed by atoms with Crippen LogP contribution in [-0.2, 0) is 4.74 Å². The van der Waals surface area contributed by atoms with Crippen LogP contribution >= 0.6 is 0 Å². The molecule has 0 bridgehead atoms. The molecule has 0 spiro atoms. The van der Waals surface area contributed by atoms with Crippen molar-refractivity contribution in [3.05, 3.63) is 22.2 Å². The van der Waals surface area contributed by atoms with Gasteiger partial charge >= 0.3 is 5.69 Å². The van der Waals surface area contributed by atoms with Gasteiger partial charge in [0, 0.05) is 12.1 Å². The van der Waals surface area contributed by atoms with E-state index in [0.29, 0.717) is 13.2 Å². The molecular formula is C10H15N3O4. The maximum Gasteiger partial charge on any atom is 0.311 e. The predicted octanol–water partition coefficient (Wildman–Crippen LogP) is 1.38. The summed E-state index contributed by atoms with van der Waals surface area (Å²) in [5.41, 5.74) is 5.18. The molecule has 94 valence electrons. The van der Waals surface area contributed by atoms with E-state index in [4.69, 9.17) is 15.2 Å². The second-order valence-corrected chi connectivity index (χ2v) is 3.58. The molecule has 2 N–H and O–H groups in total. The highest BCUT2D eigenvalue weighted by Crippen LogP contribution is 2.21. The summed E-state index contributed by atoms with van der Waals surface area (Å²) in [5.74, 6) is 0.0951. The topological polar surface area (TPSA) is 101 Å². The number of ether oxygens (including phenoxy) is 2. The smallest absolute Gasteiger partial charge is 0.311 e. The zero-order valence-corrected chi connectivity index (χ0v) is 9.75. The van der Waals surface area contributed by atoms with Crippen molar-refractivity contribution in [1.82, 2.24) is 4.98 Å². The minimum atomic E-state index is -0.589. The highest BCUT2D eigenvalue weighted by atomic mass is 16.6. The highest BCUT2D eigenvalue weighted by molar-refractivity contribution is 5.53. The second-order valence-electron chi connectivity index (χ2n) is 3.58. The Balaban J connectivity index is 2.50. The lowest BCUT2D eigenvalue weighted by Gasteiger charge is -2.08. The van der Waals surface area contributed by atoms with Crippen LogP contribution in [0.15, 0.2) is 12.1 Å². The Morgan fingerprint density at radius 1 is 1.47 bits per heavy atom. The molecule has 0 aliphatic rings. The van der Waals surface area contributed by atoms with Crippen LogP contribution in [0.25, 0.3) is 0 Å². The second kappa shape index (κ2) is 6.00. The SMILES string of the molecule is CC(C)OCCOc1ccc([N+](=O)[O-])c(N)n1. The first-order chi connectivity index (χ1) is 8.00. The van der Waals surface area contributed by atoms with Crippen LogP contribution in [0.4, 0.5) is 11.5 Å². The lowest BCUT2D eigenvalue weighted by atomic mass is 10.4. The molecule has 7 heteroatoms. The first-order valence-corrected chi connectivity index (χ1v) is 5.16. The van der Waals surface area contributed by atoms with Crippen LogP contribution in [0.5, 0.6) is 5.88 Å². The van der Waals surface area contributed by atoms with Crippen LogP contribution in [0.1, 0.15) is 13.8 Å². The van der Waals surface area contributed by atoms with Crippen molar-refractivity contribution in [3.8, 4) is 5.88 Å². The molecule has 0 unspecified atom stereocenters. The fourth-order valence-corrected chi connectivity index (χ4v) is 1.11. The van der Waals surface area contributed by atoms with Crippen LogP contribution in [0.3, 0.4) is 0 Å². The summed E-state index contributed by atoms with van der Waals surface area (Å²) in [6.45, 7) is 4.59. The summed E-state index contributed by atoms with van der Waals surface area (Å²) in [6.07, 6.45) is 0.133. The van der Waals surface area contributed by atoms with E-state index < -0.39 is 4.92 Å². The molecule has 1 rings (SSSR count). The van der Waals surface area contributed by atoms with E-state index in [0.717, 1.165) is 0 Å². The van der Waals surface area contributed by atoms with Crippen LogP contribution < -0.4 is 10.5 Å². The zero-order valence-electron chi connectivity index (χ0n) is 9.75. The van der Waals surface area contributed by atoms with Crippen molar-refractivity contribution in [2.24, 2.45) is 0 Å². The summed E-state index contributed by atoms with van der Waals surface area (Å²) >= 11 is 0. The number of hydrogen-bond donors (Lipinski definition) is 1. The van der Waals surface area contributed by atoms with E-state index in [1.165, 1.54) is 12.1 Å². The minimum Gasteiger partial charge on any atom is -0.475 e. The first kappa shape index (κ1) is 13.2. The summed E-state index contributed by atoms with van der Waals surface area (Å²) in [6, 6.07) is 2.67. The maximum absolute atomic E-state index is 10.5. The Hall–Kier alpha value is -1.89. The minimum absolute atomic E-state index is 0.133. The number of rotatable bonds is 6. The van der Waals surface area contributed by atoms with Gasteiger partial charge in [0.05, 0.1) is 17.6 Å².